The van der Waals surface area contributed by atoms with Crippen molar-refractivity contribution in [1.82, 2.24) is 10.2 Å². The molecule has 0 N–H and O–H groups in total. The molecule has 160 valence electrons. The zero-order valence-corrected chi connectivity index (χ0v) is 17.3. The van der Waals surface area contributed by atoms with Gasteiger partial charge in [-0.1, -0.05) is 36.4 Å². The average molecular weight is 435 g/mol. The van der Waals surface area contributed by atoms with Crippen molar-refractivity contribution in [1.29, 1.82) is 0 Å². The summed E-state index contributed by atoms with van der Waals surface area (Å²) in [6, 6.07) is 27.3. The highest BCUT2D eigenvalue weighted by molar-refractivity contribution is 5.70. The molecular weight excluding hydrogens is 418 g/mol. The molecule has 0 unspecified atom stereocenters. The fourth-order valence-corrected chi connectivity index (χ4v) is 3.30. The van der Waals surface area contributed by atoms with Crippen LogP contribution in [0.4, 0.5) is 5.69 Å². The lowest BCUT2D eigenvalue weighted by molar-refractivity contribution is -0.384. The van der Waals surface area contributed by atoms with Crippen molar-refractivity contribution < 1.29 is 13.8 Å². The maximum absolute atomic E-state index is 10.8. The van der Waals surface area contributed by atoms with Gasteiger partial charge in [0.2, 0.25) is 11.8 Å². The minimum Gasteiger partial charge on any atom is -0.457 e. The highest BCUT2D eigenvalue weighted by Gasteiger charge is 2.10. The molecule has 0 saturated heterocycles. The molecule has 0 amide bonds. The summed E-state index contributed by atoms with van der Waals surface area (Å²) in [4.78, 5) is 10.4. The van der Waals surface area contributed by atoms with Gasteiger partial charge in [-0.2, -0.15) is 0 Å². The van der Waals surface area contributed by atoms with Crippen LogP contribution in [0.5, 0.6) is 0 Å². The van der Waals surface area contributed by atoms with E-state index >= 15 is 0 Å². The number of nitro groups is 1. The Kier molecular flexibility index (Phi) is 5.35. The lowest BCUT2D eigenvalue weighted by Gasteiger charge is -1.98. The average Bonchev–Trinajstić information content (AvgIpc) is 3.54. The maximum Gasteiger partial charge on any atom is 0.269 e. The van der Waals surface area contributed by atoms with E-state index in [2.05, 4.69) is 10.2 Å². The molecule has 0 saturated carbocycles. The summed E-state index contributed by atoms with van der Waals surface area (Å²) in [5, 5.41) is 19.1. The molecule has 5 rings (SSSR count). The van der Waals surface area contributed by atoms with Gasteiger partial charge in [-0.05, 0) is 60.2 Å². The van der Waals surface area contributed by atoms with Gasteiger partial charge in [0, 0.05) is 28.8 Å². The van der Waals surface area contributed by atoms with Crippen LogP contribution in [0.3, 0.4) is 0 Å². The van der Waals surface area contributed by atoms with E-state index < -0.39 is 4.92 Å². The third-order valence-corrected chi connectivity index (χ3v) is 5.03. The first-order chi connectivity index (χ1) is 16.2. The Bertz CT molecular complexity index is 1420. The van der Waals surface area contributed by atoms with Crippen molar-refractivity contribution in [3.8, 4) is 34.2 Å². The Balaban J connectivity index is 1.28. The molecule has 2 aromatic heterocycles. The summed E-state index contributed by atoms with van der Waals surface area (Å²) in [6.07, 6.45) is 3.80. The quantitative estimate of drug-likeness (QED) is 0.216. The number of furan rings is 1. The lowest BCUT2D eigenvalue weighted by Crippen LogP contribution is -1.86. The molecular formula is C26H17N3O4. The highest BCUT2D eigenvalue weighted by atomic mass is 16.6. The maximum atomic E-state index is 10.8. The second-order valence-electron chi connectivity index (χ2n) is 7.24. The second-order valence-corrected chi connectivity index (χ2v) is 7.24. The van der Waals surface area contributed by atoms with Crippen molar-refractivity contribution in [2.24, 2.45) is 0 Å². The first-order valence-electron chi connectivity index (χ1n) is 10.2. The van der Waals surface area contributed by atoms with Crippen LogP contribution < -0.4 is 0 Å². The fourth-order valence-electron chi connectivity index (χ4n) is 3.30. The Hall–Kier alpha value is -4.78. The summed E-state index contributed by atoms with van der Waals surface area (Å²) in [6.45, 7) is 0. The summed E-state index contributed by atoms with van der Waals surface area (Å²) >= 11 is 0. The summed E-state index contributed by atoms with van der Waals surface area (Å²) < 4.78 is 11.6. The number of aromatic nitrogens is 2. The first kappa shape index (κ1) is 20.1. The summed E-state index contributed by atoms with van der Waals surface area (Å²) in [5.74, 6) is 2.27. The molecule has 0 bridgehead atoms. The minimum absolute atomic E-state index is 0.0469. The zero-order chi connectivity index (χ0) is 22.6. The number of hydrogen-bond donors (Lipinski definition) is 0. The Morgan fingerprint density at radius 3 is 1.97 bits per heavy atom. The number of non-ortho nitro benzene ring substituents is 1. The van der Waals surface area contributed by atoms with E-state index in [-0.39, 0.29) is 5.69 Å². The van der Waals surface area contributed by atoms with Gasteiger partial charge in [0.05, 0.1) is 4.92 Å². The Morgan fingerprint density at radius 1 is 0.667 bits per heavy atom. The molecule has 0 atom stereocenters. The summed E-state index contributed by atoms with van der Waals surface area (Å²) in [7, 11) is 0. The molecule has 5 aromatic rings. The molecule has 3 aromatic carbocycles. The van der Waals surface area contributed by atoms with Crippen LogP contribution in [0.1, 0.15) is 11.3 Å². The van der Waals surface area contributed by atoms with Gasteiger partial charge in [-0.3, -0.25) is 10.1 Å². The van der Waals surface area contributed by atoms with Crippen LogP contribution in [0.15, 0.2) is 99.8 Å². The van der Waals surface area contributed by atoms with Gasteiger partial charge in [-0.15, -0.1) is 10.2 Å². The molecule has 0 radical (unpaired) electrons. The SMILES string of the molecule is O=[N+]([O-])c1ccc(-c2ccc(/C=C/c3ccc(-c4nnc(-c5ccccc5)o4)cc3)o2)cc1. The molecule has 33 heavy (non-hydrogen) atoms. The second kappa shape index (κ2) is 8.76. The number of nitro benzene ring substituents is 1. The molecule has 2 heterocycles. The van der Waals surface area contributed by atoms with E-state index in [1.807, 2.05) is 78.9 Å². The summed E-state index contributed by atoms with van der Waals surface area (Å²) in [5.41, 5.74) is 3.52. The number of rotatable bonds is 6. The molecule has 7 heteroatoms. The van der Waals surface area contributed by atoms with Gasteiger partial charge in [0.25, 0.3) is 5.69 Å². The lowest BCUT2D eigenvalue weighted by atomic mass is 10.1. The topological polar surface area (TPSA) is 95.2 Å². The van der Waals surface area contributed by atoms with Crippen LogP contribution in [0.25, 0.3) is 46.4 Å². The molecule has 0 aliphatic carbocycles. The van der Waals surface area contributed by atoms with Gasteiger partial charge >= 0.3 is 0 Å². The van der Waals surface area contributed by atoms with E-state index in [0.717, 1.165) is 22.3 Å². The molecule has 7 nitrogen and oxygen atoms in total. The van der Waals surface area contributed by atoms with Gasteiger partial charge < -0.3 is 8.83 Å². The normalized spacial score (nSPS) is 11.2. The van der Waals surface area contributed by atoms with E-state index in [4.69, 9.17) is 8.83 Å². The molecule has 0 aliphatic heterocycles. The standard InChI is InChI=1S/C26H17N3O4/c30-29(31)22-13-11-19(12-14-22)24-17-16-23(32-24)15-8-18-6-9-21(10-7-18)26-28-27-25(33-26)20-4-2-1-3-5-20/h1-17H/b15-8+. The number of benzene rings is 3. The Labute approximate surface area is 188 Å². The molecule has 0 aliphatic rings. The van der Waals surface area contributed by atoms with Crippen LogP contribution in [-0.2, 0) is 0 Å². The molecule has 0 spiro atoms. The van der Waals surface area contributed by atoms with Crippen LogP contribution in [-0.4, -0.2) is 15.1 Å². The number of hydrogen-bond acceptors (Lipinski definition) is 6. The predicted octanol–water partition coefficient (Wildman–Crippen LogP) is 6.74. The van der Waals surface area contributed by atoms with Crippen LogP contribution in [0, 0.1) is 10.1 Å². The predicted molar refractivity (Wildman–Crippen MR) is 125 cm³/mol. The van der Waals surface area contributed by atoms with E-state index in [1.165, 1.54) is 12.1 Å². The minimum atomic E-state index is -0.425. The van der Waals surface area contributed by atoms with E-state index in [0.29, 0.717) is 23.3 Å². The van der Waals surface area contributed by atoms with E-state index in [9.17, 15) is 10.1 Å². The number of nitrogens with zero attached hydrogens (tertiary/aromatic N) is 3. The third-order valence-electron chi connectivity index (χ3n) is 5.03. The van der Waals surface area contributed by atoms with Crippen molar-refractivity contribution in [2.45, 2.75) is 0 Å². The van der Waals surface area contributed by atoms with Crippen molar-refractivity contribution >= 4 is 17.8 Å². The largest absolute Gasteiger partial charge is 0.457 e. The van der Waals surface area contributed by atoms with Gasteiger partial charge in [0.1, 0.15) is 11.5 Å². The highest BCUT2D eigenvalue weighted by Crippen LogP contribution is 2.26. The fraction of sp³-hybridized carbons (Fsp3) is 0. The molecule has 0 fully saturated rings. The van der Waals surface area contributed by atoms with E-state index in [1.54, 1.807) is 12.1 Å². The van der Waals surface area contributed by atoms with Crippen molar-refractivity contribution in [3.63, 3.8) is 0 Å². The van der Waals surface area contributed by atoms with Crippen LogP contribution >= 0.6 is 0 Å². The monoisotopic (exact) mass is 435 g/mol. The first-order valence-corrected chi connectivity index (χ1v) is 10.2. The smallest absolute Gasteiger partial charge is 0.269 e. The van der Waals surface area contributed by atoms with Crippen molar-refractivity contribution in [3.05, 3.63) is 112 Å². The van der Waals surface area contributed by atoms with Gasteiger partial charge in [-0.25, -0.2) is 0 Å². The van der Waals surface area contributed by atoms with Crippen LogP contribution in [0.2, 0.25) is 0 Å². The third kappa shape index (κ3) is 4.47. The zero-order valence-electron chi connectivity index (χ0n) is 17.3. The van der Waals surface area contributed by atoms with Gasteiger partial charge in [0.15, 0.2) is 0 Å². The van der Waals surface area contributed by atoms with Crippen molar-refractivity contribution in [2.75, 3.05) is 0 Å². The Morgan fingerprint density at radius 2 is 1.30 bits per heavy atom.